The summed E-state index contributed by atoms with van der Waals surface area (Å²) in [6.45, 7) is 1.68. The van der Waals surface area contributed by atoms with Crippen LogP contribution >= 0.6 is 0 Å². The van der Waals surface area contributed by atoms with E-state index < -0.39 is 11.6 Å². The maximum atomic E-state index is 13.7. The third-order valence-corrected chi connectivity index (χ3v) is 3.07. The van der Waals surface area contributed by atoms with Crippen molar-refractivity contribution in [2.45, 2.75) is 13.5 Å². The summed E-state index contributed by atoms with van der Waals surface area (Å²) in [5.74, 6) is -1.34. The lowest BCUT2D eigenvalue weighted by atomic mass is 10.2. The van der Waals surface area contributed by atoms with E-state index in [1.165, 1.54) is 23.0 Å². The SMILES string of the molecule is Cc1ncc2c(C#N)nn(Cc3cccc(F)c3F)c2n1. The van der Waals surface area contributed by atoms with Crippen LogP contribution in [-0.2, 0) is 6.54 Å². The Labute approximate surface area is 118 Å². The molecule has 0 N–H and O–H groups in total. The molecule has 0 saturated heterocycles. The summed E-state index contributed by atoms with van der Waals surface area (Å²) in [5.41, 5.74) is 0.713. The number of benzene rings is 1. The minimum absolute atomic E-state index is 0.0156. The second-order valence-electron chi connectivity index (χ2n) is 4.49. The standard InChI is InChI=1S/C14H9F2N5/c1-8-18-6-10-12(5-17)20-21(14(10)19-8)7-9-3-2-4-11(15)13(9)16/h2-4,6H,7H2,1H3. The molecule has 3 aromatic rings. The normalized spacial score (nSPS) is 10.8. The Morgan fingerprint density at radius 2 is 2.14 bits per heavy atom. The van der Waals surface area contributed by atoms with Gasteiger partial charge in [0.15, 0.2) is 23.0 Å². The van der Waals surface area contributed by atoms with E-state index in [1.807, 2.05) is 6.07 Å². The second kappa shape index (κ2) is 4.90. The highest BCUT2D eigenvalue weighted by molar-refractivity contribution is 5.80. The van der Waals surface area contributed by atoms with Gasteiger partial charge in [-0.2, -0.15) is 10.4 Å². The lowest BCUT2D eigenvalue weighted by molar-refractivity contribution is 0.493. The van der Waals surface area contributed by atoms with E-state index >= 15 is 0 Å². The van der Waals surface area contributed by atoms with E-state index in [9.17, 15) is 8.78 Å². The summed E-state index contributed by atoms with van der Waals surface area (Å²) < 4.78 is 28.4. The van der Waals surface area contributed by atoms with Crippen LogP contribution in [-0.4, -0.2) is 19.7 Å². The maximum absolute atomic E-state index is 13.7. The number of fused-ring (bicyclic) bond motifs is 1. The molecule has 0 aliphatic rings. The number of hydrogen-bond acceptors (Lipinski definition) is 4. The summed E-state index contributed by atoms with van der Waals surface area (Å²) >= 11 is 0. The first-order valence-corrected chi connectivity index (χ1v) is 6.13. The number of aryl methyl sites for hydroxylation is 1. The zero-order valence-electron chi connectivity index (χ0n) is 11.0. The summed E-state index contributed by atoms with van der Waals surface area (Å²) in [6.07, 6.45) is 1.50. The fourth-order valence-electron chi connectivity index (χ4n) is 2.07. The van der Waals surface area contributed by atoms with Crippen LogP contribution in [0.1, 0.15) is 17.1 Å². The van der Waals surface area contributed by atoms with Gasteiger partial charge >= 0.3 is 0 Å². The minimum atomic E-state index is -0.926. The summed E-state index contributed by atoms with van der Waals surface area (Å²) in [5, 5.41) is 13.6. The zero-order valence-corrected chi connectivity index (χ0v) is 11.0. The van der Waals surface area contributed by atoms with Crippen LogP contribution in [0.5, 0.6) is 0 Å². The van der Waals surface area contributed by atoms with Crippen molar-refractivity contribution in [3.05, 3.63) is 53.1 Å². The van der Waals surface area contributed by atoms with Crippen molar-refractivity contribution in [2.75, 3.05) is 0 Å². The highest BCUT2D eigenvalue weighted by Gasteiger charge is 2.15. The molecular weight excluding hydrogens is 276 g/mol. The van der Waals surface area contributed by atoms with Gasteiger partial charge in [-0.15, -0.1) is 0 Å². The molecule has 7 heteroatoms. The molecule has 5 nitrogen and oxygen atoms in total. The topological polar surface area (TPSA) is 67.4 Å². The van der Waals surface area contributed by atoms with Crippen LogP contribution in [0.4, 0.5) is 8.78 Å². The molecule has 21 heavy (non-hydrogen) atoms. The van der Waals surface area contributed by atoms with Crippen molar-refractivity contribution in [2.24, 2.45) is 0 Å². The minimum Gasteiger partial charge on any atom is -0.241 e. The van der Waals surface area contributed by atoms with Crippen molar-refractivity contribution in [1.82, 2.24) is 19.7 Å². The van der Waals surface area contributed by atoms with Crippen molar-refractivity contribution in [3.63, 3.8) is 0 Å². The number of rotatable bonds is 2. The first kappa shape index (κ1) is 13.1. The van der Waals surface area contributed by atoms with E-state index in [0.717, 1.165) is 6.07 Å². The molecule has 2 aromatic heterocycles. The Morgan fingerprint density at radius 3 is 2.90 bits per heavy atom. The Kier molecular flexibility index (Phi) is 3.06. The molecule has 0 amide bonds. The number of hydrogen-bond donors (Lipinski definition) is 0. The fourth-order valence-corrected chi connectivity index (χ4v) is 2.07. The second-order valence-corrected chi connectivity index (χ2v) is 4.49. The molecule has 0 bridgehead atoms. The highest BCUT2D eigenvalue weighted by Crippen LogP contribution is 2.18. The van der Waals surface area contributed by atoms with Crippen molar-refractivity contribution in [1.29, 1.82) is 5.26 Å². The van der Waals surface area contributed by atoms with Crippen molar-refractivity contribution >= 4 is 11.0 Å². The number of nitriles is 1. The molecule has 0 radical (unpaired) electrons. The molecular formula is C14H9F2N5. The van der Waals surface area contributed by atoms with Crippen LogP contribution < -0.4 is 0 Å². The average molecular weight is 285 g/mol. The predicted molar refractivity (Wildman–Crippen MR) is 70.2 cm³/mol. The van der Waals surface area contributed by atoms with Crippen LogP contribution in [0.2, 0.25) is 0 Å². The van der Waals surface area contributed by atoms with Gasteiger partial charge in [0, 0.05) is 11.8 Å². The van der Waals surface area contributed by atoms with Crippen molar-refractivity contribution < 1.29 is 8.78 Å². The summed E-state index contributed by atoms with van der Waals surface area (Å²) in [7, 11) is 0. The van der Waals surface area contributed by atoms with Gasteiger partial charge in [-0.3, -0.25) is 0 Å². The average Bonchev–Trinajstić information content (AvgIpc) is 2.81. The van der Waals surface area contributed by atoms with Crippen LogP contribution in [0.15, 0.2) is 24.4 Å². The quantitative estimate of drug-likeness (QED) is 0.724. The van der Waals surface area contributed by atoms with E-state index in [4.69, 9.17) is 5.26 Å². The summed E-state index contributed by atoms with van der Waals surface area (Å²) in [6, 6.07) is 5.88. The fraction of sp³-hybridized carbons (Fsp3) is 0.143. The van der Waals surface area contributed by atoms with E-state index in [-0.39, 0.29) is 17.8 Å². The molecule has 0 fully saturated rings. The van der Waals surface area contributed by atoms with Crippen molar-refractivity contribution in [3.8, 4) is 6.07 Å². The Morgan fingerprint density at radius 1 is 1.33 bits per heavy atom. The predicted octanol–water partition coefficient (Wildman–Crippen LogP) is 2.33. The highest BCUT2D eigenvalue weighted by atomic mass is 19.2. The van der Waals surface area contributed by atoms with Gasteiger partial charge in [-0.25, -0.2) is 23.4 Å². The molecule has 0 aliphatic carbocycles. The van der Waals surface area contributed by atoms with Gasteiger partial charge in [0.2, 0.25) is 0 Å². The first-order valence-electron chi connectivity index (χ1n) is 6.13. The molecule has 0 atom stereocenters. The number of aromatic nitrogens is 4. The molecule has 1 aromatic carbocycles. The molecule has 0 aliphatic heterocycles. The van der Waals surface area contributed by atoms with E-state index in [1.54, 1.807) is 6.92 Å². The largest absolute Gasteiger partial charge is 0.241 e. The number of halogens is 2. The Hall–Kier alpha value is -2.88. The van der Waals surface area contributed by atoms with Gasteiger partial charge in [-0.05, 0) is 13.0 Å². The van der Waals surface area contributed by atoms with E-state index in [2.05, 4.69) is 15.1 Å². The Bertz CT molecular complexity index is 879. The van der Waals surface area contributed by atoms with Gasteiger partial charge in [0.1, 0.15) is 11.9 Å². The Balaban J connectivity index is 2.15. The smallest absolute Gasteiger partial charge is 0.173 e. The number of nitrogens with zero attached hydrogens (tertiary/aromatic N) is 5. The van der Waals surface area contributed by atoms with Gasteiger partial charge in [0.05, 0.1) is 11.9 Å². The summed E-state index contributed by atoms with van der Waals surface area (Å²) in [4.78, 5) is 8.23. The molecule has 0 saturated carbocycles. The van der Waals surface area contributed by atoms with Gasteiger partial charge in [-0.1, -0.05) is 12.1 Å². The molecule has 2 heterocycles. The first-order chi connectivity index (χ1) is 10.1. The molecule has 0 spiro atoms. The monoisotopic (exact) mass is 285 g/mol. The van der Waals surface area contributed by atoms with Gasteiger partial charge < -0.3 is 0 Å². The van der Waals surface area contributed by atoms with Gasteiger partial charge in [0.25, 0.3) is 0 Å². The zero-order chi connectivity index (χ0) is 15.0. The third kappa shape index (κ3) is 2.21. The van der Waals surface area contributed by atoms with Crippen LogP contribution in [0, 0.1) is 29.9 Å². The molecule has 0 unspecified atom stereocenters. The maximum Gasteiger partial charge on any atom is 0.173 e. The molecule has 3 rings (SSSR count). The third-order valence-electron chi connectivity index (χ3n) is 3.07. The lowest BCUT2D eigenvalue weighted by Gasteiger charge is -2.05. The van der Waals surface area contributed by atoms with Crippen LogP contribution in [0.25, 0.3) is 11.0 Å². The lowest BCUT2D eigenvalue weighted by Crippen LogP contribution is -2.06. The molecule has 104 valence electrons. The van der Waals surface area contributed by atoms with E-state index in [0.29, 0.717) is 16.9 Å². The van der Waals surface area contributed by atoms with Crippen LogP contribution in [0.3, 0.4) is 0 Å².